The molecule has 11 heavy (non-hydrogen) atoms. The predicted octanol–water partition coefficient (Wildman–Crippen LogP) is 3.98. The van der Waals surface area contributed by atoms with Crippen molar-refractivity contribution in [2.75, 3.05) is 0 Å². The van der Waals surface area contributed by atoms with Gasteiger partial charge in [-0.1, -0.05) is 32.9 Å². The molecule has 0 aromatic rings. The van der Waals surface area contributed by atoms with Crippen LogP contribution in [-0.2, 0) is 0 Å². The molecule has 0 amide bonds. The van der Waals surface area contributed by atoms with Crippen LogP contribution < -0.4 is 0 Å². The minimum absolute atomic E-state index is 0.498. The highest BCUT2D eigenvalue weighted by Crippen LogP contribution is 2.21. The first kappa shape index (κ1) is 10.7. The summed E-state index contributed by atoms with van der Waals surface area (Å²) in [6.45, 7) is 10.6. The van der Waals surface area contributed by atoms with Crippen LogP contribution in [0, 0.1) is 12.3 Å². The van der Waals surface area contributed by atoms with E-state index in [4.69, 9.17) is 0 Å². The summed E-state index contributed by atoms with van der Waals surface area (Å²) in [5.41, 5.74) is 0.498. The Morgan fingerprint density at radius 3 is 2.27 bits per heavy atom. The normalized spacial score (nSPS) is 12.7. The largest absolute Gasteiger partial charge is 0.0885 e. The molecule has 0 aliphatic rings. The van der Waals surface area contributed by atoms with E-state index in [-0.39, 0.29) is 0 Å². The van der Waals surface area contributed by atoms with Gasteiger partial charge in [0.25, 0.3) is 0 Å². The lowest BCUT2D eigenvalue weighted by molar-refractivity contribution is 0.367. The Hall–Kier alpha value is -0.260. The molecule has 0 spiro atoms. The zero-order valence-corrected chi connectivity index (χ0v) is 8.19. The van der Waals surface area contributed by atoms with Crippen molar-refractivity contribution in [3.05, 3.63) is 19.1 Å². The molecular formula is C11H21. The summed E-state index contributed by atoms with van der Waals surface area (Å²) in [6, 6.07) is 0. The first-order valence-electron chi connectivity index (χ1n) is 4.50. The minimum atomic E-state index is 0.498. The standard InChI is InChI=1S/C11H21/c1-5-6-7-8-9-10-11(2,3)4/h6-7H,1,5,8-10H2,2-4H3. The molecule has 0 aromatic carbocycles. The molecule has 0 bridgehead atoms. The first-order valence-corrected chi connectivity index (χ1v) is 4.50. The van der Waals surface area contributed by atoms with E-state index in [9.17, 15) is 0 Å². The zero-order chi connectivity index (χ0) is 8.74. The van der Waals surface area contributed by atoms with E-state index >= 15 is 0 Å². The molecule has 0 N–H and O–H groups in total. The average molecular weight is 153 g/mol. The van der Waals surface area contributed by atoms with E-state index in [0.717, 1.165) is 6.42 Å². The van der Waals surface area contributed by atoms with E-state index in [2.05, 4.69) is 39.8 Å². The molecular weight excluding hydrogens is 132 g/mol. The number of rotatable bonds is 4. The van der Waals surface area contributed by atoms with Crippen molar-refractivity contribution >= 4 is 0 Å². The molecule has 0 heterocycles. The summed E-state index contributed by atoms with van der Waals surface area (Å²) in [5.74, 6) is 0. The summed E-state index contributed by atoms with van der Waals surface area (Å²) in [6.07, 6.45) is 9.14. The van der Waals surface area contributed by atoms with Crippen LogP contribution in [0.15, 0.2) is 12.2 Å². The van der Waals surface area contributed by atoms with Crippen molar-refractivity contribution in [3.8, 4) is 0 Å². The van der Waals surface area contributed by atoms with E-state index in [1.165, 1.54) is 19.3 Å². The lowest BCUT2D eigenvalue weighted by Gasteiger charge is -2.16. The number of hydrogen-bond donors (Lipinski definition) is 0. The Morgan fingerprint density at radius 1 is 1.18 bits per heavy atom. The highest BCUT2D eigenvalue weighted by Gasteiger charge is 2.07. The van der Waals surface area contributed by atoms with E-state index in [1.807, 2.05) is 0 Å². The second kappa shape index (κ2) is 5.40. The van der Waals surface area contributed by atoms with Crippen molar-refractivity contribution in [3.63, 3.8) is 0 Å². The van der Waals surface area contributed by atoms with Crippen LogP contribution in [0.4, 0.5) is 0 Å². The van der Waals surface area contributed by atoms with Gasteiger partial charge in [0.2, 0.25) is 0 Å². The lowest BCUT2D eigenvalue weighted by atomic mass is 9.90. The van der Waals surface area contributed by atoms with Gasteiger partial charge in [-0.2, -0.15) is 0 Å². The van der Waals surface area contributed by atoms with Crippen LogP contribution in [0.2, 0.25) is 0 Å². The lowest BCUT2D eigenvalue weighted by Crippen LogP contribution is -2.03. The second-order valence-corrected chi connectivity index (χ2v) is 4.21. The van der Waals surface area contributed by atoms with Crippen LogP contribution in [0.1, 0.15) is 46.5 Å². The van der Waals surface area contributed by atoms with Crippen molar-refractivity contribution in [2.24, 2.45) is 5.41 Å². The van der Waals surface area contributed by atoms with Crippen LogP contribution in [-0.4, -0.2) is 0 Å². The molecule has 0 atom stereocenters. The Bertz CT molecular complexity index is 104. The van der Waals surface area contributed by atoms with Gasteiger partial charge in [-0.15, -0.1) is 0 Å². The predicted molar refractivity (Wildman–Crippen MR) is 52.4 cm³/mol. The number of unbranched alkanes of at least 4 members (excludes halogenated alkanes) is 1. The summed E-state index contributed by atoms with van der Waals surface area (Å²) in [5, 5.41) is 0. The monoisotopic (exact) mass is 153 g/mol. The quantitative estimate of drug-likeness (QED) is 0.423. The van der Waals surface area contributed by atoms with Gasteiger partial charge in [-0.3, -0.25) is 0 Å². The van der Waals surface area contributed by atoms with Crippen molar-refractivity contribution in [1.82, 2.24) is 0 Å². The van der Waals surface area contributed by atoms with Crippen molar-refractivity contribution in [2.45, 2.75) is 46.5 Å². The topological polar surface area (TPSA) is 0 Å². The van der Waals surface area contributed by atoms with E-state index in [1.54, 1.807) is 0 Å². The van der Waals surface area contributed by atoms with E-state index in [0.29, 0.717) is 5.41 Å². The van der Waals surface area contributed by atoms with Gasteiger partial charge >= 0.3 is 0 Å². The Balaban J connectivity index is 3.21. The van der Waals surface area contributed by atoms with E-state index < -0.39 is 0 Å². The molecule has 0 aliphatic carbocycles. The molecule has 0 fully saturated rings. The molecule has 0 aromatic heterocycles. The summed E-state index contributed by atoms with van der Waals surface area (Å²) >= 11 is 0. The van der Waals surface area contributed by atoms with Crippen molar-refractivity contribution in [1.29, 1.82) is 0 Å². The van der Waals surface area contributed by atoms with Gasteiger partial charge < -0.3 is 0 Å². The van der Waals surface area contributed by atoms with Gasteiger partial charge in [-0.05, 0) is 38.0 Å². The summed E-state index contributed by atoms with van der Waals surface area (Å²) < 4.78 is 0. The molecule has 1 radical (unpaired) electrons. The molecule has 0 saturated carbocycles. The first-order chi connectivity index (χ1) is 5.06. The fourth-order valence-corrected chi connectivity index (χ4v) is 0.986. The SMILES string of the molecule is [CH2]CC=CCCCC(C)(C)C. The molecule has 0 saturated heterocycles. The Kier molecular flexibility index (Phi) is 5.27. The summed E-state index contributed by atoms with van der Waals surface area (Å²) in [4.78, 5) is 0. The van der Waals surface area contributed by atoms with Gasteiger partial charge in [-0.25, -0.2) is 0 Å². The fourth-order valence-electron chi connectivity index (χ4n) is 0.986. The highest BCUT2D eigenvalue weighted by atomic mass is 14.1. The molecule has 0 nitrogen and oxygen atoms in total. The third kappa shape index (κ3) is 9.74. The number of hydrogen-bond acceptors (Lipinski definition) is 0. The van der Waals surface area contributed by atoms with Crippen LogP contribution >= 0.6 is 0 Å². The molecule has 0 heteroatoms. The van der Waals surface area contributed by atoms with Gasteiger partial charge in [0.15, 0.2) is 0 Å². The van der Waals surface area contributed by atoms with Crippen LogP contribution in [0.5, 0.6) is 0 Å². The van der Waals surface area contributed by atoms with Gasteiger partial charge in [0.05, 0.1) is 0 Å². The molecule has 65 valence electrons. The Labute approximate surface area is 71.7 Å². The van der Waals surface area contributed by atoms with Crippen LogP contribution in [0.25, 0.3) is 0 Å². The molecule has 0 rings (SSSR count). The van der Waals surface area contributed by atoms with Gasteiger partial charge in [0, 0.05) is 0 Å². The second-order valence-electron chi connectivity index (χ2n) is 4.21. The minimum Gasteiger partial charge on any atom is -0.0885 e. The third-order valence-electron chi connectivity index (χ3n) is 1.63. The Morgan fingerprint density at radius 2 is 1.82 bits per heavy atom. The molecule has 0 aliphatic heterocycles. The maximum absolute atomic E-state index is 3.75. The molecule has 0 unspecified atom stereocenters. The van der Waals surface area contributed by atoms with Gasteiger partial charge in [0.1, 0.15) is 0 Å². The fraction of sp³-hybridized carbons (Fsp3) is 0.727. The maximum Gasteiger partial charge on any atom is -0.0351 e. The van der Waals surface area contributed by atoms with Crippen molar-refractivity contribution < 1.29 is 0 Å². The smallest absolute Gasteiger partial charge is 0.0351 e. The maximum atomic E-state index is 3.75. The third-order valence-corrected chi connectivity index (χ3v) is 1.63. The number of allylic oxidation sites excluding steroid dienone is 2. The zero-order valence-electron chi connectivity index (χ0n) is 8.19. The van der Waals surface area contributed by atoms with Crippen LogP contribution in [0.3, 0.4) is 0 Å². The highest BCUT2D eigenvalue weighted by molar-refractivity contribution is 4.82. The average Bonchev–Trinajstić information content (AvgIpc) is 1.85. The summed E-state index contributed by atoms with van der Waals surface area (Å²) in [7, 11) is 0.